The molecule has 27 heavy (non-hydrogen) atoms. The summed E-state index contributed by atoms with van der Waals surface area (Å²) < 4.78 is 4.67. The molecule has 0 aliphatic carbocycles. The molecule has 3 rings (SSSR count). The van der Waals surface area contributed by atoms with Gasteiger partial charge in [0.2, 0.25) is 0 Å². The molecular weight excluding hydrogens is 344 g/mol. The Balaban J connectivity index is 1.64. The Bertz CT molecular complexity index is 927. The fraction of sp³-hybridized carbons (Fsp3) is 0.100. The van der Waals surface area contributed by atoms with Gasteiger partial charge >= 0.3 is 5.97 Å². The summed E-state index contributed by atoms with van der Waals surface area (Å²) in [5.41, 5.74) is 2.43. The van der Waals surface area contributed by atoms with Gasteiger partial charge in [-0.1, -0.05) is 30.3 Å². The van der Waals surface area contributed by atoms with Gasteiger partial charge in [-0.2, -0.15) is 0 Å². The predicted octanol–water partition coefficient (Wildman–Crippen LogP) is 2.94. The van der Waals surface area contributed by atoms with E-state index in [-0.39, 0.29) is 11.6 Å². The van der Waals surface area contributed by atoms with E-state index in [1.54, 1.807) is 30.3 Å². The topological polar surface area (TPSA) is 93.2 Å². The number of hydrogen-bond donors (Lipinski definition) is 2. The highest BCUT2D eigenvalue weighted by molar-refractivity contribution is 5.93. The predicted molar refractivity (Wildman–Crippen MR) is 101 cm³/mol. The fourth-order valence-corrected chi connectivity index (χ4v) is 2.37. The van der Waals surface area contributed by atoms with Crippen molar-refractivity contribution in [3.05, 3.63) is 83.8 Å². The number of nitrogens with zero attached hydrogens (tertiary/aromatic N) is 2. The molecular formula is C20H18N4O3. The normalized spacial score (nSPS) is 10.1. The molecule has 0 aliphatic heterocycles. The van der Waals surface area contributed by atoms with Gasteiger partial charge in [-0.15, -0.1) is 0 Å². The number of benzene rings is 2. The Morgan fingerprint density at radius 1 is 1.00 bits per heavy atom. The first-order chi connectivity index (χ1) is 13.2. The van der Waals surface area contributed by atoms with Crippen molar-refractivity contribution in [2.45, 2.75) is 6.54 Å². The SMILES string of the molecule is COC(=O)c1ccc(Nc2cc(C(=O)NCc3ccccc3)ncn2)cc1. The lowest BCUT2D eigenvalue weighted by molar-refractivity contribution is 0.0600. The van der Waals surface area contributed by atoms with Crippen LogP contribution in [0.15, 0.2) is 67.0 Å². The van der Waals surface area contributed by atoms with Crippen LogP contribution in [-0.2, 0) is 11.3 Å². The molecule has 7 heteroatoms. The average molecular weight is 362 g/mol. The molecule has 136 valence electrons. The van der Waals surface area contributed by atoms with Crippen LogP contribution in [0, 0.1) is 0 Å². The molecule has 0 radical (unpaired) electrons. The third-order valence-corrected chi connectivity index (χ3v) is 3.77. The van der Waals surface area contributed by atoms with E-state index in [0.717, 1.165) is 11.3 Å². The van der Waals surface area contributed by atoms with Gasteiger partial charge < -0.3 is 15.4 Å². The molecule has 7 nitrogen and oxygen atoms in total. The summed E-state index contributed by atoms with van der Waals surface area (Å²) in [6.45, 7) is 0.418. The van der Waals surface area contributed by atoms with Crippen LogP contribution in [-0.4, -0.2) is 29.0 Å². The summed E-state index contributed by atoms with van der Waals surface area (Å²) in [4.78, 5) is 31.9. The zero-order valence-electron chi connectivity index (χ0n) is 14.7. The van der Waals surface area contributed by atoms with Crippen LogP contribution < -0.4 is 10.6 Å². The van der Waals surface area contributed by atoms with Gasteiger partial charge in [0.1, 0.15) is 17.8 Å². The third-order valence-electron chi connectivity index (χ3n) is 3.77. The van der Waals surface area contributed by atoms with Gasteiger partial charge in [-0.3, -0.25) is 4.79 Å². The van der Waals surface area contributed by atoms with E-state index < -0.39 is 5.97 Å². The standard InChI is InChI=1S/C20H18N4O3/c1-27-20(26)15-7-9-16(10-8-15)24-18-11-17(22-13-23-18)19(25)21-12-14-5-3-2-4-6-14/h2-11,13H,12H2,1H3,(H,21,25)(H,22,23,24). The highest BCUT2D eigenvalue weighted by atomic mass is 16.5. The number of carbonyl (C=O) groups is 2. The second kappa shape index (κ2) is 8.57. The molecule has 1 amide bonds. The second-order valence-electron chi connectivity index (χ2n) is 5.65. The van der Waals surface area contributed by atoms with Crippen molar-refractivity contribution >= 4 is 23.4 Å². The first kappa shape index (κ1) is 18.1. The summed E-state index contributed by atoms with van der Waals surface area (Å²) in [7, 11) is 1.33. The van der Waals surface area contributed by atoms with Crippen molar-refractivity contribution in [2.24, 2.45) is 0 Å². The van der Waals surface area contributed by atoms with Crippen molar-refractivity contribution in [1.82, 2.24) is 15.3 Å². The lowest BCUT2D eigenvalue weighted by Crippen LogP contribution is -2.24. The Labute approximate surface area is 156 Å². The molecule has 0 atom stereocenters. The summed E-state index contributed by atoms with van der Waals surface area (Å²) in [6.07, 6.45) is 1.32. The molecule has 3 aromatic rings. The van der Waals surface area contributed by atoms with Gasteiger partial charge in [0.25, 0.3) is 5.91 Å². The van der Waals surface area contributed by atoms with Crippen LogP contribution in [0.1, 0.15) is 26.4 Å². The molecule has 2 aromatic carbocycles. The van der Waals surface area contributed by atoms with E-state index in [0.29, 0.717) is 17.9 Å². The van der Waals surface area contributed by atoms with Crippen molar-refractivity contribution < 1.29 is 14.3 Å². The van der Waals surface area contributed by atoms with E-state index >= 15 is 0 Å². The molecule has 0 aliphatic rings. The maximum atomic E-state index is 12.3. The number of hydrogen-bond acceptors (Lipinski definition) is 6. The smallest absolute Gasteiger partial charge is 0.337 e. The van der Waals surface area contributed by atoms with Crippen LogP contribution in [0.4, 0.5) is 11.5 Å². The largest absolute Gasteiger partial charge is 0.465 e. The van der Waals surface area contributed by atoms with Gasteiger partial charge in [0, 0.05) is 18.3 Å². The van der Waals surface area contributed by atoms with E-state index in [1.165, 1.54) is 13.4 Å². The van der Waals surface area contributed by atoms with E-state index in [9.17, 15) is 9.59 Å². The summed E-state index contributed by atoms with van der Waals surface area (Å²) in [5.74, 6) is -0.216. The molecule has 0 spiro atoms. The fourth-order valence-electron chi connectivity index (χ4n) is 2.37. The van der Waals surface area contributed by atoms with Crippen molar-refractivity contribution in [3.63, 3.8) is 0 Å². The first-order valence-corrected chi connectivity index (χ1v) is 8.25. The molecule has 2 N–H and O–H groups in total. The van der Waals surface area contributed by atoms with Crippen LogP contribution in [0.25, 0.3) is 0 Å². The van der Waals surface area contributed by atoms with Crippen molar-refractivity contribution in [3.8, 4) is 0 Å². The number of aromatic nitrogens is 2. The molecule has 0 saturated heterocycles. The maximum absolute atomic E-state index is 12.3. The number of ether oxygens (including phenoxy) is 1. The van der Waals surface area contributed by atoms with Gasteiger partial charge in [-0.25, -0.2) is 14.8 Å². The number of carbonyl (C=O) groups excluding carboxylic acids is 2. The molecule has 1 heterocycles. The highest BCUT2D eigenvalue weighted by Crippen LogP contribution is 2.16. The quantitative estimate of drug-likeness (QED) is 0.655. The minimum Gasteiger partial charge on any atom is -0.465 e. The lowest BCUT2D eigenvalue weighted by atomic mass is 10.2. The van der Waals surface area contributed by atoms with Crippen LogP contribution in [0.5, 0.6) is 0 Å². The number of anilines is 2. The van der Waals surface area contributed by atoms with Crippen LogP contribution in [0.2, 0.25) is 0 Å². The second-order valence-corrected chi connectivity index (χ2v) is 5.65. The Morgan fingerprint density at radius 3 is 2.44 bits per heavy atom. The minimum absolute atomic E-state index is 0.259. The third kappa shape index (κ3) is 4.88. The highest BCUT2D eigenvalue weighted by Gasteiger charge is 2.09. The molecule has 0 saturated carbocycles. The van der Waals surface area contributed by atoms with Gasteiger partial charge in [0.05, 0.1) is 12.7 Å². The Morgan fingerprint density at radius 2 is 1.74 bits per heavy atom. The number of methoxy groups -OCH3 is 1. The number of nitrogens with one attached hydrogen (secondary N) is 2. The summed E-state index contributed by atoms with van der Waals surface area (Å²) in [5, 5.41) is 5.90. The molecule has 0 bridgehead atoms. The number of amides is 1. The molecule has 1 aromatic heterocycles. The van der Waals surface area contributed by atoms with Crippen LogP contribution in [0.3, 0.4) is 0 Å². The maximum Gasteiger partial charge on any atom is 0.337 e. The Kier molecular flexibility index (Phi) is 5.73. The zero-order valence-corrected chi connectivity index (χ0v) is 14.7. The van der Waals surface area contributed by atoms with Crippen molar-refractivity contribution in [1.29, 1.82) is 0 Å². The first-order valence-electron chi connectivity index (χ1n) is 8.25. The van der Waals surface area contributed by atoms with Crippen LogP contribution >= 0.6 is 0 Å². The van der Waals surface area contributed by atoms with E-state index in [1.807, 2.05) is 30.3 Å². The van der Waals surface area contributed by atoms with E-state index in [4.69, 9.17) is 0 Å². The summed E-state index contributed by atoms with van der Waals surface area (Å²) in [6, 6.07) is 17.9. The minimum atomic E-state index is -0.402. The van der Waals surface area contributed by atoms with Gasteiger partial charge in [-0.05, 0) is 29.8 Å². The molecule has 0 fully saturated rings. The zero-order chi connectivity index (χ0) is 19.1. The number of esters is 1. The van der Waals surface area contributed by atoms with Gasteiger partial charge in [0.15, 0.2) is 0 Å². The summed E-state index contributed by atoms with van der Waals surface area (Å²) >= 11 is 0. The molecule has 0 unspecified atom stereocenters. The Hall–Kier alpha value is -3.74. The average Bonchev–Trinajstić information content (AvgIpc) is 2.73. The van der Waals surface area contributed by atoms with Crippen molar-refractivity contribution in [2.75, 3.05) is 12.4 Å². The number of rotatable bonds is 6. The monoisotopic (exact) mass is 362 g/mol. The lowest BCUT2D eigenvalue weighted by Gasteiger charge is -2.08. The van der Waals surface area contributed by atoms with E-state index in [2.05, 4.69) is 25.3 Å².